The van der Waals surface area contributed by atoms with Crippen LogP contribution in [0.25, 0.3) is 0 Å². The van der Waals surface area contributed by atoms with E-state index in [4.69, 9.17) is 0 Å². The monoisotopic (exact) mass is 349 g/mol. The van der Waals surface area contributed by atoms with Gasteiger partial charge in [-0.2, -0.15) is 0 Å². The van der Waals surface area contributed by atoms with Crippen LogP contribution in [0.3, 0.4) is 0 Å². The number of allylic oxidation sites excluding steroid dienone is 4. The van der Waals surface area contributed by atoms with Crippen molar-refractivity contribution in [3.8, 4) is 0 Å². The molecule has 0 amide bonds. The molecule has 1 aliphatic carbocycles. The maximum absolute atomic E-state index is 2.36. The summed E-state index contributed by atoms with van der Waals surface area (Å²) in [6.45, 7) is 9.29. The molecule has 2 rings (SSSR count). The smallest absolute Gasteiger partial charge is 1.00 e. The van der Waals surface area contributed by atoms with Crippen LogP contribution in [0.1, 0.15) is 50.5 Å². The molecule has 0 atom stereocenters. The van der Waals surface area contributed by atoms with Gasteiger partial charge in [0.1, 0.15) is 0 Å². The molecule has 0 radical (unpaired) electrons. The van der Waals surface area contributed by atoms with Gasteiger partial charge in [0.2, 0.25) is 0 Å². The second-order valence-corrected chi connectivity index (χ2v) is 7.34. The van der Waals surface area contributed by atoms with Crippen LogP contribution in [-0.2, 0) is 25.9 Å². The number of halogens is 2. The molecule has 0 saturated heterocycles. The first-order valence-electron chi connectivity index (χ1n) is 6.14. The predicted molar refractivity (Wildman–Crippen MR) is 72.2 cm³/mol. The summed E-state index contributed by atoms with van der Waals surface area (Å²) in [5.41, 5.74) is 3.19. The third kappa shape index (κ3) is 3.77. The SMILES string of the molecule is CC(C)c1ccsc1C(C)(C)C1=[C]([Ti+2])CC=C1.[Cl-].[Cl-]. The van der Waals surface area contributed by atoms with E-state index in [0.717, 1.165) is 6.42 Å². The number of thiophene rings is 1. The van der Waals surface area contributed by atoms with Crippen molar-refractivity contribution in [1.82, 2.24) is 0 Å². The molecule has 1 aromatic heterocycles. The van der Waals surface area contributed by atoms with Crippen LogP contribution < -0.4 is 24.8 Å². The third-order valence-corrected chi connectivity index (χ3v) is 5.48. The quantitative estimate of drug-likeness (QED) is 0.609. The fourth-order valence-corrected chi connectivity index (χ4v) is 4.49. The largest absolute Gasteiger partial charge is 1.00 e. The first kappa shape index (κ1) is 19.5. The number of hydrogen-bond acceptors (Lipinski definition) is 1. The van der Waals surface area contributed by atoms with Crippen molar-refractivity contribution in [2.24, 2.45) is 0 Å². The van der Waals surface area contributed by atoms with E-state index in [1.807, 2.05) is 11.3 Å². The second-order valence-electron chi connectivity index (χ2n) is 5.48. The van der Waals surface area contributed by atoms with Gasteiger partial charge < -0.3 is 24.8 Å². The Morgan fingerprint density at radius 1 is 1.26 bits per heavy atom. The zero-order valence-electron chi connectivity index (χ0n) is 11.8. The Kier molecular flexibility index (Phi) is 7.66. The van der Waals surface area contributed by atoms with Crippen LogP contribution in [0.5, 0.6) is 0 Å². The second kappa shape index (κ2) is 7.47. The molecule has 0 fully saturated rings. The normalized spacial score (nSPS) is 14.7. The minimum absolute atomic E-state index is 0. The van der Waals surface area contributed by atoms with Crippen LogP contribution in [0.15, 0.2) is 33.0 Å². The molecule has 4 heteroatoms. The summed E-state index contributed by atoms with van der Waals surface area (Å²) in [7, 11) is 0. The Bertz CT molecular complexity index is 484. The first-order valence-corrected chi connectivity index (χ1v) is 7.80. The van der Waals surface area contributed by atoms with Crippen molar-refractivity contribution < 1.29 is 45.2 Å². The molecule has 0 spiro atoms. The molecule has 0 saturated carbocycles. The van der Waals surface area contributed by atoms with E-state index in [9.17, 15) is 0 Å². The molecule has 0 nitrogen and oxygen atoms in total. The van der Waals surface area contributed by atoms with Gasteiger partial charge >= 0.3 is 121 Å². The summed E-state index contributed by atoms with van der Waals surface area (Å²) in [5.74, 6) is 0.613. The van der Waals surface area contributed by atoms with Crippen LogP contribution in [0, 0.1) is 0 Å². The molecule has 1 aromatic rings. The zero-order chi connectivity index (χ0) is 12.6. The maximum atomic E-state index is 2.36. The molecular weight excluding hydrogens is 331 g/mol. The molecule has 0 aliphatic heterocycles. The Balaban J connectivity index is 0.00000162. The number of hydrogen-bond donors (Lipinski definition) is 0. The average molecular weight is 350 g/mol. The van der Waals surface area contributed by atoms with E-state index in [-0.39, 0.29) is 30.2 Å². The summed E-state index contributed by atoms with van der Waals surface area (Å²) in [6.07, 6.45) is 5.73. The van der Waals surface area contributed by atoms with Crippen molar-refractivity contribution in [3.63, 3.8) is 0 Å². The van der Waals surface area contributed by atoms with Gasteiger partial charge in [0, 0.05) is 0 Å². The van der Waals surface area contributed by atoms with Gasteiger partial charge in [0.15, 0.2) is 0 Å². The third-order valence-electron chi connectivity index (χ3n) is 3.49. The van der Waals surface area contributed by atoms with Gasteiger partial charge in [0.05, 0.1) is 0 Å². The fourth-order valence-electron chi connectivity index (χ4n) is 2.49. The van der Waals surface area contributed by atoms with Crippen molar-refractivity contribution in [2.45, 2.75) is 45.4 Å². The van der Waals surface area contributed by atoms with E-state index in [2.05, 4.69) is 71.7 Å². The van der Waals surface area contributed by atoms with Gasteiger partial charge in [-0.1, -0.05) is 0 Å². The van der Waals surface area contributed by atoms with Crippen LogP contribution in [-0.4, -0.2) is 0 Å². The van der Waals surface area contributed by atoms with Crippen LogP contribution >= 0.6 is 11.3 Å². The van der Waals surface area contributed by atoms with Crippen molar-refractivity contribution in [2.75, 3.05) is 0 Å². The summed E-state index contributed by atoms with van der Waals surface area (Å²) in [6, 6.07) is 2.29. The van der Waals surface area contributed by atoms with Gasteiger partial charge in [-0.3, -0.25) is 0 Å². The van der Waals surface area contributed by atoms with Crippen LogP contribution in [0.2, 0.25) is 0 Å². The molecule has 0 unspecified atom stereocenters. The van der Waals surface area contributed by atoms with E-state index in [0.29, 0.717) is 5.92 Å². The minimum Gasteiger partial charge on any atom is -1.00 e. The summed E-state index contributed by atoms with van der Waals surface area (Å²) in [5, 5.41) is 2.24. The summed E-state index contributed by atoms with van der Waals surface area (Å²) in [4.78, 5) is 1.54. The Labute approximate surface area is 145 Å². The number of rotatable bonds is 3. The average Bonchev–Trinajstić information content (AvgIpc) is 2.84. The van der Waals surface area contributed by atoms with Gasteiger partial charge in [0.25, 0.3) is 0 Å². The molecule has 0 aromatic carbocycles. The van der Waals surface area contributed by atoms with Gasteiger partial charge in [-0.15, -0.1) is 0 Å². The van der Waals surface area contributed by atoms with E-state index in [1.165, 1.54) is 19.9 Å². The van der Waals surface area contributed by atoms with E-state index in [1.54, 1.807) is 0 Å². The topological polar surface area (TPSA) is 0 Å². The Hall–Kier alpha value is 0.474. The Morgan fingerprint density at radius 3 is 2.37 bits per heavy atom. The maximum Gasteiger partial charge on any atom is -1.00 e. The fraction of sp³-hybridized carbons (Fsp3) is 0.467. The van der Waals surface area contributed by atoms with E-state index >= 15 is 0 Å². The molecular formula is C15H19Cl2STi. The first-order chi connectivity index (χ1) is 7.94. The summed E-state index contributed by atoms with van der Waals surface area (Å²) < 4.78 is 1.53. The van der Waals surface area contributed by atoms with Crippen molar-refractivity contribution >= 4 is 11.3 Å². The molecule has 1 heterocycles. The van der Waals surface area contributed by atoms with E-state index < -0.39 is 0 Å². The Morgan fingerprint density at radius 2 is 1.89 bits per heavy atom. The predicted octanol–water partition coefficient (Wildman–Crippen LogP) is -1.08. The standard InChI is InChI=1S/C15H19S.2ClH.Ti/c1-11(2)13-9-10-16-14(13)15(3,4)12-7-5-6-8-12;;;/h5,7,9-11H,6H2,1-4H3;2*1H;/q;;;+2/p-2. The van der Waals surface area contributed by atoms with Crippen LogP contribution in [0.4, 0.5) is 0 Å². The van der Waals surface area contributed by atoms with Gasteiger partial charge in [-0.25, -0.2) is 0 Å². The zero-order valence-corrected chi connectivity index (χ0v) is 15.6. The molecule has 103 valence electrons. The molecule has 0 bridgehead atoms. The molecule has 1 aliphatic rings. The van der Waals surface area contributed by atoms with Crippen molar-refractivity contribution in [3.05, 3.63) is 43.5 Å². The minimum atomic E-state index is 0. The van der Waals surface area contributed by atoms with Gasteiger partial charge in [-0.05, 0) is 0 Å². The van der Waals surface area contributed by atoms with Crippen molar-refractivity contribution in [1.29, 1.82) is 0 Å². The molecule has 19 heavy (non-hydrogen) atoms. The summed E-state index contributed by atoms with van der Waals surface area (Å²) >= 11 is 4.17. The molecule has 0 N–H and O–H groups in total.